The summed E-state index contributed by atoms with van der Waals surface area (Å²) >= 11 is 0. The molecule has 3 rings (SSSR count). The van der Waals surface area contributed by atoms with Gasteiger partial charge in [-0.05, 0) is 25.1 Å². The zero-order chi connectivity index (χ0) is 15.3. The first-order valence-corrected chi connectivity index (χ1v) is 6.30. The van der Waals surface area contributed by atoms with Crippen LogP contribution >= 0.6 is 0 Å². The molecule has 5 nitrogen and oxygen atoms in total. The summed E-state index contributed by atoms with van der Waals surface area (Å²) < 4.78 is 38.2. The van der Waals surface area contributed by atoms with Crippen LogP contribution in [0, 0.1) is 0 Å². The Morgan fingerprint density at radius 2 is 2.10 bits per heavy atom. The molecule has 1 N–H and O–H groups in total. The van der Waals surface area contributed by atoms with E-state index in [-0.39, 0.29) is 16.7 Å². The molecule has 8 heteroatoms. The number of nitrogens with zero attached hydrogens (tertiary/aromatic N) is 3. The van der Waals surface area contributed by atoms with Crippen LogP contribution in [0.1, 0.15) is 24.7 Å². The second-order valence-corrected chi connectivity index (χ2v) is 5.13. The van der Waals surface area contributed by atoms with Gasteiger partial charge in [0.15, 0.2) is 0 Å². The van der Waals surface area contributed by atoms with Gasteiger partial charge in [-0.25, -0.2) is 4.98 Å². The van der Waals surface area contributed by atoms with Crippen molar-refractivity contribution < 1.29 is 13.2 Å². The molecular weight excluding hydrogens is 285 g/mol. The summed E-state index contributed by atoms with van der Waals surface area (Å²) in [5.74, 6) is 0.237. The highest BCUT2D eigenvalue weighted by molar-refractivity contribution is 5.78. The molecule has 0 bridgehead atoms. The Kier molecular flexibility index (Phi) is 2.86. The third kappa shape index (κ3) is 2.30. The summed E-state index contributed by atoms with van der Waals surface area (Å²) in [7, 11) is 0. The zero-order valence-electron chi connectivity index (χ0n) is 11.0. The SMILES string of the molecule is CC1(c2nc3cc(C(F)(F)F)ccc3c(=O)[nH]2)CCN=N1. The maximum absolute atomic E-state index is 12.7. The number of aromatic amines is 1. The lowest BCUT2D eigenvalue weighted by Crippen LogP contribution is -2.24. The van der Waals surface area contributed by atoms with Gasteiger partial charge in [-0.15, -0.1) is 0 Å². The second-order valence-electron chi connectivity index (χ2n) is 5.13. The van der Waals surface area contributed by atoms with E-state index >= 15 is 0 Å². The number of aromatic nitrogens is 2. The molecule has 2 aromatic rings. The van der Waals surface area contributed by atoms with E-state index in [0.717, 1.165) is 18.2 Å². The normalized spacial score (nSPS) is 22.1. The first kappa shape index (κ1) is 13.7. The standard InChI is InChI=1S/C13H11F3N4O/c1-12(4-5-17-20-12)11-18-9-6-7(13(14,15)16)2-3-8(9)10(21)19-11/h2-3,6H,4-5H2,1H3,(H,18,19,21). The lowest BCUT2D eigenvalue weighted by Gasteiger charge is -2.17. The number of hydrogen-bond acceptors (Lipinski definition) is 4. The first-order valence-electron chi connectivity index (χ1n) is 6.30. The topological polar surface area (TPSA) is 70.5 Å². The van der Waals surface area contributed by atoms with Gasteiger partial charge in [-0.2, -0.15) is 23.4 Å². The average molecular weight is 296 g/mol. The molecule has 0 saturated heterocycles. The number of halogens is 3. The van der Waals surface area contributed by atoms with Crippen LogP contribution in [0.3, 0.4) is 0 Å². The number of rotatable bonds is 1. The predicted molar refractivity (Wildman–Crippen MR) is 69.1 cm³/mol. The van der Waals surface area contributed by atoms with E-state index in [1.165, 1.54) is 0 Å². The molecule has 1 aliphatic rings. The van der Waals surface area contributed by atoms with E-state index in [1.54, 1.807) is 6.92 Å². The van der Waals surface area contributed by atoms with Crippen molar-refractivity contribution in [3.05, 3.63) is 39.9 Å². The van der Waals surface area contributed by atoms with E-state index < -0.39 is 22.8 Å². The van der Waals surface area contributed by atoms with Crippen molar-refractivity contribution >= 4 is 10.9 Å². The van der Waals surface area contributed by atoms with Gasteiger partial charge in [0.2, 0.25) is 0 Å². The number of alkyl halides is 3. The largest absolute Gasteiger partial charge is 0.416 e. The van der Waals surface area contributed by atoms with E-state index in [1.807, 2.05) is 0 Å². The Morgan fingerprint density at radius 3 is 2.71 bits per heavy atom. The minimum Gasteiger partial charge on any atom is -0.308 e. The number of fused-ring (bicyclic) bond motifs is 1. The molecule has 21 heavy (non-hydrogen) atoms. The van der Waals surface area contributed by atoms with E-state index in [2.05, 4.69) is 20.2 Å². The van der Waals surface area contributed by atoms with Gasteiger partial charge in [-0.1, -0.05) is 0 Å². The Labute approximate surface area is 116 Å². The number of hydrogen-bond donors (Lipinski definition) is 1. The molecule has 0 saturated carbocycles. The number of benzene rings is 1. The van der Waals surface area contributed by atoms with Gasteiger partial charge in [0, 0.05) is 6.42 Å². The minimum absolute atomic E-state index is 0.00639. The third-order valence-electron chi connectivity index (χ3n) is 3.53. The monoisotopic (exact) mass is 296 g/mol. The minimum atomic E-state index is -4.48. The summed E-state index contributed by atoms with van der Waals surface area (Å²) in [5.41, 5.74) is -2.10. The summed E-state index contributed by atoms with van der Waals surface area (Å²) in [5, 5.41) is 8.01. The van der Waals surface area contributed by atoms with Crippen LogP contribution in [-0.2, 0) is 11.7 Å². The molecule has 1 atom stereocenters. The van der Waals surface area contributed by atoms with Crippen molar-refractivity contribution in [2.75, 3.05) is 6.54 Å². The summed E-state index contributed by atoms with van der Waals surface area (Å²) in [6.07, 6.45) is -3.92. The van der Waals surface area contributed by atoms with Crippen LogP contribution in [0.2, 0.25) is 0 Å². The predicted octanol–water partition coefficient (Wildman–Crippen LogP) is 3.01. The van der Waals surface area contributed by atoms with Gasteiger partial charge in [0.25, 0.3) is 5.56 Å². The first-order chi connectivity index (χ1) is 9.79. The van der Waals surface area contributed by atoms with Gasteiger partial charge >= 0.3 is 6.18 Å². The zero-order valence-corrected chi connectivity index (χ0v) is 11.0. The summed E-state index contributed by atoms with van der Waals surface area (Å²) in [6.45, 7) is 2.24. The number of nitrogens with one attached hydrogen (secondary N) is 1. The Bertz CT molecular complexity index is 796. The van der Waals surface area contributed by atoms with Crippen LogP contribution in [-0.4, -0.2) is 16.5 Å². The van der Waals surface area contributed by atoms with E-state index in [0.29, 0.717) is 13.0 Å². The van der Waals surface area contributed by atoms with Crippen molar-refractivity contribution in [1.29, 1.82) is 0 Å². The maximum Gasteiger partial charge on any atom is 0.416 e. The fraction of sp³-hybridized carbons (Fsp3) is 0.385. The van der Waals surface area contributed by atoms with Gasteiger partial charge < -0.3 is 4.98 Å². The maximum atomic E-state index is 12.7. The molecule has 0 amide bonds. The fourth-order valence-electron chi connectivity index (χ4n) is 2.26. The van der Waals surface area contributed by atoms with Crippen LogP contribution < -0.4 is 5.56 Å². The van der Waals surface area contributed by atoms with Crippen molar-refractivity contribution in [2.45, 2.75) is 25.1 Å². The van der Waals surface area contributed by atoms with Crippen LogP contribution in [0.15, 0.2) is 33.2 Å². The molecule has 0 radical (unpaired) electrons. The van der Waals surface area contributed by atoms with Crippen LogP contribution in [0.25, 0.3) is 10.9 Å². The smallest absolute Gasteiger partial charge is 0.308 e. The lowest BCUT2D eigenvalue weighted by atomic mass is 9.99. The molecule has 1 aromatic carbocycles. The highest BCUT2D eigenvalue weighted by Gasteiger charge is 2.34. The Hall–Kier alpha value is -2.25. The van der Waals surface area contributed by atoms with E-state index in [4.69, 9.17) is 0 Å². The van der Waals surface area contributed by atoms with E-state index in [9.17, 15) is 18.0 Å². The highest BCUT2D eigenvalue weighted by Crippen LogP contribution is 2.33. The number of H-pyrrole nitrogens is 1. The molecule has 1 unspecified atom stereocenters. The second kappa shape index (κ2) is 4.37. The fourth-order valence-corrected chi connectivity index (χ4v) is 2.26. The van der Waals surface area contributed by atoms with Crippen LogP contribution in [0.4, 0.5) is 13.2 Å². The summed E-state index contributed by atoms with van der Waals surface area (Å²) in [6, 6.07) is 2.88. The molecule has 0 aliphatic carbocycles. The molecule has 2 heterocycles. The molecule has 1 aromatic heterocycles. The molecular formula is C13H11F3N4O. The Balaban J connectivity index is 2.22. The molecule has 110 valence electrons. The highest BCUT2D eigenvalue weighted by atomic mass is 19.4. The lowest BCUT2D eigenvalue weighted by molar-refractivity contribution is -0.137. The van der Waals surface area contributed by atoms with Gasteiger partial charge in [0.05, 0.1) is 23.0 Å². The summed E-state index contributed by atoms with van der Waals surface area (Å²) in [4.78, 5) is 18.8. The van der Waals surface area contributed by atoms with Gasteiger partial charge in [-0.3, -0.25) is 4.79 Å². The van der Waals surface area contributed by atoms with Crippen molar-refractivity contribution in [3.63, 3.8) is 0 Å². The van der Waals surface area contributed by atoms with Crippen LogP contribution in [0.5, 0.6) is 0 Å². The third-order valence-corrected chi connectivity index (χ3v) is 3.53. The average Bonchev–Trinajstić information content (AvgIpc) is 2.85. The molecule has 1 aliphatic heterocycles. The molecule has 0 fully saturated rings. The quantitative estimate of drug-likeness (QED) is 0.878. The van der Waals surface area contributed by atoms with Gasteiger partial charge in [0.1, 0.15) is 11.4 Å². The Morgan fingerprint density at radius 1 is 1.33 bits per heavy atom. The van der Waals surface area contributed by atoms with Crippen molar-refractivity contribution in [2.24, 2.45) is 10.2 Å². The number of azo groups is 1. The molecule has 0 spiro atoms. The van der Waals surface area contributed by atoms with Crippen molar-refractivity contribution in [1.82, 2.24) is 9.97 Å². The van der Waals surface area contributed by atoms with Crippen molar-refractivity contribution in [3.8, 4) is 0 Å².